The average Bonchev–Trinajstić information content (AvgIpc) is 3.37. The number of hydrogen-bond acceptors (Lipinski definition) is 5. The first-order valence-corrected chi connectivity index (χ1v) is 11.0. The van der Waals surface area contributed by atoms with Crippen LogP contribution in [0.25, 0.3) is 0 Å². The first-order chi connectivity index (χ1) is 14.5. The molecule has 7 nitrogen and oxygen atoms in total. The quantitative estimate of drug-likeness (QED) is 0.358. The third-order valence-electron chi connectivity index (χ3n) is 5.78. The molecular weight excluding hydrogens is 509 g/mol. The molecule has 31 heavy (non-hydrogen) atoms. The number of nitrogen functional groups attached to an aromatic ring is 1. The van der Waals surface area contributed by atoms with Crippen LogP contribution < -0.4 is 20.8 Å². The van der Waals surface area contributed by atoms with Gasteiger partial charge in [-0.2, -0.15) is 0 Å². The van der Waals surface area contributed by atoms with Gasteiger partial charge in [-0.15, -0.1) is 0 Å². The fourth-order valence-electron chi connectivity index (χ4n) is 4.32. The van der Waals surface area contributed by atoms with Gasteiger partial charge in [0.1, 0.15) is 11.4 Å². The van der Waals surface area contributed by atoms with Gasteiger partial charge in [0, 0.05) is 34.2 Å². The van der Waals surface area contributed by atoms with Crippen molar-refractivity contribution in [1.82, 2.24) is 0 Å². The maximum Gasteiger partial charge on any atom is 0.421 e. The number of methoxy groups -OCH3 is 1. The molecular formula is C23H25IN3O4+. The fourth-order valence-corrected chi connectivity index (χ4v) is 4.81. The number of amides is 2. The van der Waals surface area contributed by atoms with Crippen molar-refractivity contribution < 1.29 is 24.5 Å². The maximum atomic E-state index is 13.6. The molecule has 0 bridgehead atoms. The minimum absolute atomic E-state index is 0.106. The van der Waals surface area contributed by atoms with E-state index in [9.17, 15) is 9.59 Å². The van der Waals surface area contributed by atoms with Crippen LogP contribution in [0.15, 0.2) is 36.4 Å². The Morgan fingerprint density at radius 2 is 1.97 bits per heavy atom. The summed E-state index contributed by atoms with van der Waals surface area (Å²) in [6, 6.07) is 11.0. The second-order valence-corrected chi connectivity index (χ2v) is 10.1. The fraction of sp³-hybridized carbons (Fsp3) is 0.348. The molecule has 2 atom stereocenters. The van der Waals surface area contributed by atoms with Gasteiger partial charge in [-0.05, 0) is 68.7 Å². The number of imide groups is 1. The smallest absolute Gasteiger partial charge is 0.421 e. The van der Waals surface area contributed by atoms with E-state index >= 15 is 0 Å². The molecule has 2 aromatic carbocycles. The van der Waals surface area contributed by atoms with E-state index in [1.807, 2.05) is 46.9 Å². The lowest BCUT2D eigenvalue weighted by molar-refractivity contribution is -0.120. The number of nitrogens with two attached hydrogens (primary N) is 2. The van der Waals surface area contributed by atoms with E-state index in [1.165, 1.54) is 0 Å². The molecule has 0 saturated heterocycles. The molecule has 4 N–H and O–H groups in total. The summed E-state index contributed by atoms with van der Waals surface area (Å²) in [7, 11) is 1.57. The lowest BCUT2D eigenvalue weighted by atomic mass is 9.91. The van der Waals surface area contributed by atoms with E-state index in [1.54, 1.807) is 40.0 Å². The van der Waals surface area contributed by atoms with Gasteiger partial charge in [-0.3, -0.25) is 4.79 Å². The SMILES string of the molecule is COc1ccc2c(c1)[C@]1(C[C@H]1c1ccc(C(=[NH2+])I)c(N)c1)C(=O)N2C(=O)OC(C)(C)C. The lowest BCUT2D eigenvalue weighted by Crippen LogP contribution is -2.41. The van der Waals surface area contributed by atoms with Gasteiger partial charge < -0.3 is 15.2 Å². The van der Waals surface area contributed by atoms with Crippen LogP contribution in [0.2, 0.25) is 0 Å². The maximum absolute atomic E-state index is 13.6. The van der Waals surface area contributed by atoms with E-state index in [2.05, 4.69) is 0 Å². The molecule has 0 aromatic heterocycles. The van der Waals surface area contributed by atoms with Crippen molar-refractivity contribution in [2.75, 3.05) is 17.7 Å². The molecule has 162 valence electrons. The number of hydrogen-bond donors (Lipinski definition) is 2. The van der Waals surface area contributed by atoms with Crippen molar-refractivity contribution in [1.29, 1.82) is 0 Å². The number of halogens is 1. The number of carbonyl (C=O) groups is 2. The standard InChI is InChI=1S/C23H24IN3O4/c1-22(2,3)31-21(29)27-18-8-6-13(30-4)10-15(18)23(20(27)28)11-16(23)12-5-7-14(19(24)26)17(25)9-12/h5-10,16,26H,11,25H2,1-4H3/p+1/t16-,23-/m0/s1. The summed E-state index contributed by atoms with van der Waals surface area (Å²) in [5.74, 6) is 0.243. The molecule has 4 rings (SSSR count). The lowest BCUT2D eigenvalue weighted by Gasteiger charge is -2.24. The highest BCUT2D eigenvalue weighted by molar-refractivity contribution is 14.1. The second kappa shape index (κ2) is 7.22. The number of carbonyl (C=O) groups excluding carboxylic acids is 2. The molecule has 2 aliphatic rings. The van der Waals surface area contributed by atoms with Gasteiger partial charge in [0.2, 0.25) is 9.63 Å². The van der Waals surface area contributed by atoms with Gasteiger partial charge in [0.05, 0.1) is 23.8 Å². The summed E-state index contributed by atoms with van der Waals surface area (Å²) in [6.45, 7) is 5.32. The van der Waals surface area contributed by atoms with Gasteiger partial charge in [0.25, 0.3) is 0 Å². The van der Waals surface area contributed by atoms with Gasteiger partial charge in [-0.1, -0.05) is 6.07 Å². The second-order valence-electron chi connectivity index (χ2n) is 8.93. The third kappa shape index (κ3) is 3.46. The number of benzene rings is 2. The Morgan fingerprint density at radius 3 is 2.55 bits per heavy atom. The predicted octanol–water partition coefficient (Wildman–Crippen LogP) is 2.93. The van der Waals surface area contributed by atoms with Crippen molar-refractivity contribution in [3.8, 4) is 5.75 Å². The van der Waals surface area contributed by atoms with Crippen molar-refractivity contribution in [3.05, 3.63) is 53.1 Å². The largest absolute Gasteiger partial charge is 0.497 e. The number of anilines is 2. The molecule has 0 unspecified atom stereocenters. The van der Waals surface area contributed by atoms with Crippen molar-refractivity contribution in [2.24, 2.45) is 0 Å². The van der Waals surface area contributed by atoms with E-state index in [4.69, 9.17) is 20.6 Å². The normalized spacial score (nSPS) is 21.8. The first-order valence-electron chi connectivity index (χ1n) is 9.93. The number of fused-ring (bicyclic) bond motifs is 2. The Bertz CT molecular complexity index is 1120. The van der Waals surface area contributed by atoms with Gasteiger partial charge >= 0.3 is 6.09 Å². The number of rotatable bonds is 3. The van der Waals surface area contributed by atoms with Crippen LogP contribution in [-0.4, -0.2) is 28.4 Å². The molecule has 1 spiro atoms. The topological polar surface area (TPSA) is 107 Å². The van der Waals surface area contributed by atoms with Crippen molar-refractivity contribution in [2.45, 2.75) is 44.1 Å². The zero-order chi connectivity index (χ0) is 22.7. The van der Waals surface area contributed by atoms with Crippen LogP contribution in [0.3, 0.4) is 0 Å². The number of ether oxygens (including phenoxy) is 2. The summed E-state index contributed by atoms with van der Waals surface area (Å²) in [5.41, 5.74) is 8.23. The van der Waals surface area contributed by atoms with Crippen LogP contribution in [-0.2, 0) is 14.9 Å². The number of nitrogens with zero attached hydrogens (tertiary/aromatic N) is 1. The highest BCUT2D eigenvalue weighted by atomic mass is 127. The molecule has 1 aliphatic carbocycles. The van der Waals surface area contributed by atoms with Crippen LogP contribution in [0.1, 0.15) is 49.8 Å². The molecule has 1 fully saturated rings. The minimum atomic E-state index is -0.839. The monoisotopic (exact) mass is 534 g/mol. The van der Waals surface area contributed by atoms with E-state index in [-0.39, 0.29) is 11.8 Å². The van der Waals surface area contributed by atoms with E-state index < -0.39 is 17.1 Å². The molecule has 0 radical (unpaired) electrons. The van der Waals surface area contributed by atoms with Crippen LogP contribution >= 0.6 is 22.6 Å². The highest BCUT2D eigenvalue weighted by Gasteiger charge is 2.68. The Kier molecular flexibility index (Phi) is 5.03. The van der Waals surface area contributed by atoms with Crippen molar-refractivity contribution in [3.63, 3.8) is 0 Å². The van der Waals surface area contributed by atoms with Crippen LogP contribution in [0.4, 0.5) is 16.2 Å². The summed E-state index contributed by atoms with van der Waals surface area (Å²) in [4.78, 5) is 27.7. The van der Waals surface area contributed by atoms with E-state index in [0.717, 1.165) is 21.6 Å². The minimum Gasteiger partial charge on any atom is -0.497 e. The molecule has 2 amide bonds. The third-order valence-corrected chi connectivity index (χ3v) is 6.36. The van der Waals surface area contributed by atoms with Gasteiger partial charge in [-0.25, -0.2) is 15.1 Å². The molecule has 8 heteroatoms. The first kappa shape index (κ1) is 21.6. The van der Waals surface area contributed by atoms with Crippen LogP contribution in [0, 0.1) is 0 Å². The van der Waals surface area contributed by atoms with Crippen LogP contribution in [0.5, 0.6) is 5.75 Å². The zero-order valence-electron chi connectivity index (χ0n) is 17.9. The summed E-state index contributed by atoms with van der Waals surface area (Å²) in [5, 5.41) is 5.89. The van der Waals surface area contributed by atoms with Crippen molar-refractivity contribution >= 4 is 49.7 Å². The molecule has 2 aromatic rings. The summed E-state index contributed by atoms with van der Waals surface area (Å²) >= 11 is 2.03. The Morgan fingerprint density at radius 1 is 1.26 bits per heavy atom. The van der Waals surface area contributed by atoms with Gasteiger partial charge in [0.15, 0.2) is 0 Å². The zero-order valence-corrected chi connectivity index (χ0v) is 20.0. The highest BCUT2D eigenvalue weighted by Crippen LogP contribution is 2.67. The predicted molar refractivity (Wildman–Crippen MR) is 127 cm³/mol. The Balaban J connectivity index is 1.77. The molecule has 1 saturated carbocycles. The molecule has 1 aliphatic heterocycles. The average molecular weight is 534 g/mol. The Labute approximate surface area is 194 Å². The Hall–Kier alpha value is -2.62. The molecule has 1 heterocycles. The summed E-state index contributed by atoms with van der Waals surface area (Å²) in [6.07, 6.45) is -0.0957. The van der Waals surface area contributed by atoms with E-state index in [0.29, 0.717) is 27.3 Å². The summed E-state index contributed by atoms with van der Waals surface area (Å²) < 4.78 is 11.5.